The Labute approximate surface area is 255 Å². The second-order valence-corrected chi connectivity index (χ2v) is 11.2. The van der Waals surface area contributed by atoms with E-state index < -0.39 is 17.7 Å². The van der Waals surface area contributed by atoms with Crippen molar-refractivity contribution in [3.8, 4) is 5.75 Å². The molecule has 3 aromatic carbocycles. The van der Waals surface area contributed by atoms with Crippen LogP contribution in [-0.4, -0.2) is 74.3 Å². The number of nitrogens with zero attached hydrogens (tertiary/aromatic N) is 1. The Morgan fingerprint density at radius 3 is 2.23 bits per heavy atom. The summed E-state index contributed by atoms with van der Waals surface area (Å²) < 4.78 is 17.8. The fourth-order valence-corrected chi connectivity index (χ4v) is 6.30. The van der Waals surface area contributed by atoms with Gasteiger partial charge >= 0.3 is 0 Å². The number of rotatable bonds is 9. The van der Waals surface area contributed by atoms with E-state index in [2.05, 4.69) is 17.6 Å². The van der Waals surface area contributed by atoms with E-state index in [-0.39, 0.29) is 36.8 Å². The average molecular weight is 598 g/mol. The Kier molecular flexibility index (Phi) is 8.20. The molecular weight excluding hydrogens is 562 g/mol. The number of hydrogen-bond donors (Lipinski definition) is 2. The molecule has 1 saturated heterocycles. The number of imide groups is 1. The van der Waals surface area contributed by atoms with Gasteiger partial charge in [-0.05, 0) is 42.7 Å². The van der Waals surface area contributed by atoms with Gasteiger partial charge in [0.25, 0.3) is 23.6 Å². The molecule has 0 aromatic heterocycles. The minimum Gasteiger partial charge on any atom is -0.491 e. The summed E-state index contributed by atoms with van der Waals surface area (Å²) in [5, 5.41) is 5.62. The van der Waals surface area contributed by atoms with Crippen molar-refractivity contribution in [2.45, 2.75) is 43.9 Å². The van der Waals surface area contributed by atoms with Crippen molar-refractivity contribution in [1.82, 2.24) is 15.5 Å². The molecule has 0 radical (unpaired) electrons. The third-order valence-electron chi connectivity index (χ3n) is 8.77. The van der Waals surface area contributed by atoms with E-state index in [1.165, 1.54) is 4.90 Å². The molecule has 44 heavy (non-hydrogen) atoms. The zero-order chi connectivity index (χ0) is 30.8. The molecule has 3 heterocycles. The van der Waals surface area contributed by atoms with Crippen LogP contribution in [-0.2, 0) is 14.9 Å². The first-order chi connectivity index (χ1) is 21.4. The molecule has 3 aliphatic rings. The van der Waals surface area contributed by atoms with Crippen molar-refractivity contribution >= 4 is 23.6 Å². The number of nitrogens with one attached hydrogen (secondary N) is 2. The second-order valence-electron chi connectivity index (χ2n) is 11.2. The van der Waals surface area contributed by atoms with Crippen LogP contribution in [0.1, 0.15) is 78.7 Å². The first-order valence-corrected chi connectivity index (χ1v) is 14.9. The summed E-state index contributed by atoms with van der Waals surface area (Å²) in [6, 6.07) is 19.7. The topological polar surface area (TPSA) is 123 Å². The maximum absolute atomic E-state index is 13.3. The average Bonchev–Trinajstić information content (AvgIpc) is 3.58. The smallest absolute Gasteiger partial charge is 0.261 e. The first kappa shape index (κ1) is 29.5. The summed E-state index contributed by atoms with van der Waals surface area (Å²) in [6.07, 6.45) is 1.32. The number of hydrogen-bond acceptors (Lipinski definition) is 7. The molecule has 6 rings (SSSR count). The van der Waals surface area contributed by atoms with Crippen molar-refractivity contribution in [3.05, 3.63) is 100 Å². The van der Waals surface area contributed by atoms with Crippen LogP contribution in [0.15, 0.2) is 66.7 Å². The van der Waals surface area contributed by atoms with Gasteiger partial charge in [-0.3, -0.25) is 24.1 Å². The normalized spacial score (nSPS) is 22.3. The van der Waals surface area contributed by atoms with E-state index >= 15 is 0 Å². The number of carbonyl (C=O) groups is 4. The van der Waals surface area contributed by atoms with Crippen molar-refractivity contribution in [2.75, 3.05) is 33.4 Å². The molecule has 0 bridgehead atoms. The summed E-state index contributed by atoms with van der Waals surface area (Å²) in [7, 11) is 1.55. The van der Waals surface area contributed by atoms with Gasteiger partial charge in [-0.1, -0.05) is 49.4 Å². The predicted molar refractivity (Wildman–Crippen MR) is 161 cm³/mol. The number of amides is 4. The molecule has 0 aliphatic carbocycles. The standard InChI is InChI=1S/C34H35N3O7/c1-3-34(22-10-5-4-6-11-22)20-44-29-26(31(39)35-2)16-21(17-27(29)34)30(38)36-15-9-14-28-42-18-23(19-43-28)37-32(40)24-12-7-8-13-25(24)33(37)41/h4-8,10-13,16-17,23,28H,3,9,14-15,18-20H2,1-2H3,(H,35,39)(H,36,38)/t23-,28-,34-/m0/s1. The molecule has 10 nitrogen and oxygen atoms in total. The van der Waals surface area contributed by atoms with Crippen LogP contribution in [0.4, 0.5) is 0 Å². The molecular formula is C34H35N3O7. The van der Waals surface area contributed by atoms with E-state index in [1.54, 1.807) is 37.4 Å². The van der Waals surface area contributed by atoms with E-state index in [0.717, 1.165) is 17.5 Å². The van der Waals surface area contributed by atoms with Crippen LogP contribution in [0, 0.1) is 0 Å². The Bertz CT molecular complexity index is 1560. The number of carbonyl (C=O) groups excluding carboxylic acids is 4. The fourth-order valence-electron chi connectivity index (χ4n) is 6.30. The summed E-state index contributed by atoms with van der Waals surface area (Å²) >= 11 is 0. The summed E-state index contributed by atoms with van der Waals surface area (Å²) in [5.41, 5.74) is 2.93. The lowest BCUT2D eigenvalue weighted by Gasteiger charge is -2.33. The van der Waals surface area contributed by atoms with Gasteiger partial charge in [0, 0.05) is 31.1 Å². The van der Waals surface area contributed by atoms with Gasteiger partial charge in [0.2, 0.25) is 0 Å². The van der Waals surface area contributed by atoms with E-state index in [4.69, 9.17) is 14.2 Å². The molecule has 10 heteroatoms. The minimum absolute atomic E-state index is 0.183. The molecule has 0 saturated carbocycles. The lowest BCUT2D eigenvalue weighted by atomic mass is 9.73. The number of fused-ring (bicyclic) bond motifs is 2. The first-order valence-electron chi connectivity index (χ1n) is 14.9. The van der Waals surface area contributed by atoms with E-state index in [1.807, 2.05) is 36.4 Å². The van der Waals surface area contributed by atoms with Crippen LogP contribution in [0.25, 0.3) is 0 Å². The van der Waals surface area contributed by atoms with Gasteiger partial charge in [-0.2, -0.15) is 0 Å². The van der Waals surface area contributed by atoms with E-state index in [0.29, 0.717) is 54.0 Å². The Morgan fingerprint density at radius 1 is 0.932 bits per heavy atom. The monoisotopic (exact) mass is 597 g/mol. The highest BCUT2D eigenvalue weighted by atomic mass is 16.7. The molecule has 0 spiro atoms. The van der Waals surface area contributed by atoms with Crippen molar-refractivity contribution < 1.29 is 33.4 Å². The van der Waals surface area contributed by atoms with Gasteiger partial charge in [0.15, 0.2) is 6.29 Å². The van der Waals surface area contributed by atoms with Crippen LogP contribution in [0.5, 0.6) is 5.75 Å². The molecule has 0 unspecified atom stereocenters. The predicted octanol–water partition coefficient (Wildman–Crippen LogP) is 3.68. The maximum Gasteiger partial charge on any atom is 0.261 e. The Balaban J connectivity index is 1.07. The maximum atomic E-state index is 13.3. The van der Waals surface area contributed by atoms with Gasteiger partial charge < -0.3 is 24.8 Å². The lowest BCUT2D eigenvalue weighted by molar-refractivity contribution is -0.199. The minimum atomic E-state index is -0.508. The second kappa shape index (κ2) is 12.2. The van der Waals surface area contributed by atoms with Crippen LogP contribution < -0.4 is 15.4 Å². The van der Waals surface area contributed by atoms with Gasteiger partial charge in [0.1, 0.15) is 12.4 Å². The quantitative estimate of drug-likeness (QED) is 0.285. The summed E-state index contributed by atoms with van der Waals surface area (Å²) in [4.78, 5) is 52.9. The lowest BCUT2D eigenvalue weighted by Crippen LogP contribution is -2.49. The fraction of sp³-hybridized carbons (Fsp3) is 0.353. The molecule has 4 amide bonds. The molecule has 1 atom stereocenters. The van der Waals surface area contributed by atoms with Crippen LogP contribution >= 0.6 is 0 Å². The zero-order valence-electron chi connectivity index (χ0n) is 24.8. The van der Waals surface area contributed by atoms with Gasteiger partial charge in [-0.15, -0.1) is 0 Å². The van der Waals surface area contributed by atoms with Gasteiger partial charge in [-0.25, -0.2) is 0 Å². The third kappa shape index (κ3) is 5.14. The van der Waals surface area contributed by atoms with E-state index in [9.17, 15) is 19.2 Å². The van der Waals surface area contributed by atoms with Crippen molar-refractivity contribution in [3.63, 3.8) is 0 Å². The molecule has 228 valence electrons. The van der Waals surface area contributed by atoms with Gasteiger partial charge in [0.05, 0.1) is 41.4 Å². The highest BCUT2D eigenvalue weighted by Crippen LogP contribution is 2.47. The number of benzene rings is 3. The van der Waals surface area contributed by atoms with Crippen molar-refractivity contribution in [1.29, 1.82) is 0 Å². The molecule has 3 aliphatic heterocycles. The SMILES string of the molecule is CC[C@@]1(c2ccccc2)COc2c(C(=O)NC)cc(C(=O)NCCC[C@H]3OC[C@H](N4C(=O)c5ccccc5C4=O)CO3)cc21. The highest BCUT2D eigenvalue weighted by Gasteiger charge is 2.44. The van der Waals surface area contributed by atoms with Crippen LogP contribution in [0.3, 0.4) is 0 Å². The third-order valence-corrected chi connectivity index (χ3v) is 8.77. The van der Waals surface area contributed by atoms with Crippen LogP contribution in [0.2, 0.25) is 0 Å². The Hall–Kier alpha value is -4.54. The largest absolute Gasteiger partial charge is 0.491 e. The number of ether oxygens (including phenoxy) is 3. The Morgan fingerprint density at radius 2 is 1.59 bits per heavy atom. The highest BCUT2D eigenvalue weighted by molar-refractivity contribution is 6.21. The summed E-state index contributed by atoms with van der Waals surface area (Å²) in [5.74, 6) is -0.762. The molecule has 3 aromatic rings. The zero-order valence-corrected chi connectivity index (χ0v) is 24.8. The molecule has 2 N–H and O–H groups in total. The summed E-state index contributed by atoms with van der Waals surface area (Å²) in [6.45, 7) is 3.19. The molecule has 1 fully saturated rings. The van der Waals surface area contributed by atoms with Crippen molar-refractivity contribution in [2.24, 2.45) is 0 Å².